The Labute approximate surface area is 157 Å². The molecule has 0 aliphatic carbocycles. The van der Waals surface area contributed by atoms with Gasteiger partial charge in [0.2, 0.25) is 0 Å². The first-order valence-electron chi connectivity index (χ1n) is 11.1. The molecule has 0 atom stereocenters. The van der Waals surface area contributed by atoms with E-state index in [2.05, 4.69) is 13.5 Å². The number of carbonyl (C=O) groups is 1. The van der Waals surface area contributed by atoms with Crippen LogP contribution in [0.15, 0.2) is 12.2 Å². The van der Waals surface area contributed by atoms with Gasteiger partial charge in [-0.25, -0.2) is 4.79 Å². The highest BCUT2D eigenvalue weighted by Gasteiger charge is 2.06. The molecule has 0 saturated carbocycles. The lowest BCUT2D eigenvalue weighted by atomic mass is 10.0. The van der Waals surface area contributed by atoms with E-state index in [9.17, 15) is 4.79 Å². The number of ether oxygens (including phenoxy) is 1. The maximum Gasteiger partial charge on any atom is 0.333 e. The lowest BCUT2D eigenvalue weighted by Crippen LogP contribution is -2.06. The molecule has 0 unspecified atom stereocenters. The highest BCUT2D eigenvalue weighted by Crippen LogP contribution is 2.15. The Balaban J connectivity index is 3.14. The molecule has 0 aromatic rings. The first-order valence-corrected chi connectivity index (χ1v) is 11.1. The fourth-order valence-corrected chi connectivity index (χ4v) is 3.22. The normalized spacial score (nSPS) is 10.8. The summed E-state index contributed by atoms with van der Waals surface area (Å²) < 4.78 is 4.94. The van der Waals surface area contributed by atoms with Gasteiger partial charge in [-0.2, -0.15) is 0 Å². The molecule has 0 aliphatic rings. The van der Waals surface area contributed by atoms with E-state index in [4.69, 9.17) is 4.74 Å². The Morgan fingerprint density at radius 3 is 1.36 bits per heavy atom. The molecule has 2 heteroatoms. The number of unbranched alkanes of at least 4 members (excludes halogenated alkanes) is 15. The fraction of sp³-hybridized carbons (Fsp3) is 0.870. The molecule has 0 amide bonds. The quantitative estimate of drug-likeness (QED) is 0.135. The zero-order valence-corrected chi connectivity index (χ0v) is 17.3. The van der Waals surface area contributed by atoms with Crippen LogP contribution < -0.4 is 0 Å². The molecule has 0 aromatic carbocycles. The SMILES string of the molecule is C=C(CCCCCCCCCCCCCCCCCC)C(=O)OCC. The smallest absolute Gasteiger partial charge is 0.333 e. The standard InChI is InChI=1S/C23H44O2/c1-4-6-7-8-9-10-11-12-13-14-15-16-17-18-19-20-21-22(3)23(24)25-5-2/h3-21H2,1-2H3. The fourth-order valence-electron chi connectivity index (χ4n) is 3.22. The van der Waals surface area contributed by atoms with Crippen LogP contribution in [0.5, 0.6) is 0 Å². The number of rotatable bonds is 19. The van der Waals surface area contributed by atoms with Crippen molar-refractivity contribution in [2.45, 2.75) is 123 Å². The van der Waals surface area contributed by atoms with Crippen LogP contribution in [0.1, 0.15) is 123 Å². The Hall–Kier alpha value is -0.790. The van der Waals surface area contributed by atoms with E-state index >= 15 is 0 Å². The van der Waals surface area contributed by atoms with Crippen molar-refractivity contribution in [3.05, 3.63) is 12.2 Å². The van der Waals surface area contributed by atoms with Gasteiger partial charge in [0.1, 0.15) is 0 Å². The molecule has 2 nitrogen and oxygen atoms in total. The van der Waals surface area contributed by atoms with Crippen molar-refractivity contribution in [3.8, 4) is 0 Å². The summed E-state index contributed by atoms with van der Waals surface area (Å²) in [7, 11) is 0. The average molecular weight is 353 g/mol. The van der Waals surface area contributed by atoms with Crippen LogP contribution >= 0.6 is 0 Å². The summed E-state index contributed by atoms with van der Waals surface area (Å²) in [5.41, 5.74) is 0.632. The van der Waals surface area contributed by atoms with Gasteiger partial charge >= 0.3 is 5.97 Å². The third-order valence-electron chi connectivity index (χ3n) is 4.90. The predicted molar refractivity (Wildman–Crippen MR) is 110 cm³/mol. The number of esters is 1. The van der Waals surface area contributed by atoms with E-state index in [0.717, 1.165) is 12.8 Å². The zero-order valence-electron chi connectivity index (χ0n) is 17.3. The summed E-state index contributed by atoms with van der Waals surface area (Å²) in [5.74, 6) is -0.219. The van der Waals surface area contributed by atoms with E-state index in [0.29, 0.717) is 12.2 Å². The first kappa shape index (κ1) is 24.2. The second-order valence-electron chi connectivity index (χ2n) is 7.38. The van der Waals surface area contributed by atoms with Gasteiger partial charge in [-0.15, -0.1) is 0 Å². The van der Waals surface area contributed by atoms with E-state index in [1.54, 1.807) is 0 Å². The summed E-state index contributed by atoms with van der Waals surface area (Å²) in [6.45, 7) is 8.36. The molecule has 0 radical (unpaired) electrons. The van der Waals surface area contributed by atoms with Gasteiger partial charge in [-0.1, -0.05) is 110 Å². The number of hydrogen-bond acceptors (Lipinski definition) is 2. The van der Waals surface area contributed by atoms with Gasteiger partial charge in [0.05, 0.1) is 6.61 Å². The lowest BCUT2D eigenvalue weighted by Gasteiger charge is -2.05. The minimum Gasteiger partial charge on any atom is -0.463 e. The van der Waals surface area contributed by atoms with Gasteiger partial charge in [0.25, 0.3) is 0 Å². The molecule has 0 fully saturated rings. The van der Waals surface area contributed by atoms with Crippen molar-refractivity contribution < 1.29 is 9.53 Å². The molecule has 0 aromatic heterocycles. The summed E-state index contributed by atoms with van der Waals surface area (Å²) in [6.07, 6.45) is 22.7. The highest BCUT2D eigenvalue weighted by molar-refractivity contribution is 5.87. The van der Waals surface area contributed by atoms with Gasteiger partial charge in [-0.05, 0) is 19.8 Å². The topological polar surface area (TPSA) is 26.3 Å². The molecular weight excluding hydrogens is 308 g/mol. The Kier molecular flexibility index (Phi) is 18.9. The molecule has 0 spiro atoms. The van der Waals surface area contributed by atoms with Crippen LogP contribution in [0.3, 0.4) is 0 Å². The van der Waals surface area contributed by atoms with Crippen molar-refractivity contribution in [1.29, 1.82) is 0 Å². The largest absolute Gasteiger partial charge is 0.463 e. The van der Waals surface area contributed by atoms with Crippen LogP contribution in [0.2, 0.25) is 0 Å². The monoisotopic (exact) mass is 352 g/mol. The molecule has 0 N–H and O–H groups in total. The van der Waals surface area contributed by atoms with Crippen molar-refractivity contribution in [3.63, 3.8) is 0 Å². The van der Waals surface area contributed by atoms with Crippen LogP contribution in [0.4, 0.5) is 0 Å². The van der Waals surface area contributed by atoms with E-state index in [-0.39, 0.29) is 5.97 Å². The molecule has 0 saturated heterocycles. The van der Waals surface area contributed by atoms with Crippen molar-refractivity contribution in [2.24, 2.45) is 0 Å². The van der Waals surface area contributed by atoms with Crippen LogP contribution in [-0.4, -0.2) is 12.6 Å². The second kappa shape index (κ2) is 19.5. The maximum atomic E-state index is 11.4. The van der Waals surface area contributed by atoms with Crippen LogP contribution in [-0.2, 0) is 9.53 Å². The maximum absolute atomic E-state index is 11.4. The summed E-state index contributed by atoms with van der Waals surface area (Å²) in [5, 5.41) is 0. The molecular formula is C23H44O2. The van der Waals surface area contributed by atoms with Gasteiger partial charge < -0.3 is 4.74 Å². The van der Waals surface area contributed by atoms with Crippen molar-refractivity contribution in [2.75, 3.05) is 6.61 Å². The number of carbonyl (C=O) groups excluding carboxylic acids is 1. The summed E-state index contributed by atoms with van der Waals surface area (Å²) >= 11 is 0. The van der Waals surface area contributed by atoms with Gasteiger partial charge in [0, 0.05) is 5.57 Å². The molecule has 148 valence electrons. The first-order chi connectivity index (χ1) is 12.2. The van der Waals surface area contributed by atoms with Crippen molar-refractivity contribution >= 4 is 5.97 Å². The minimum atomic E-state index is -0.219. The Morgan fingerprint density at radius 2 is 1.00 bits per heavy atom. The van der Waals surface area contributed by atoms with Crippen LogP contribution in [0.25, 0.3) is 0 Å². The highest BCUT2D eigenvalue weighted by atomic mass is 16.5. The summed E-state index contributed by atoms with van der Waals surface area (Å²) in [4.78, 5) is 11.4. The van der Waals surface area contributed by atoms with Crippen LogP contribution in [0, 0.1) is 0 Å². The molecule has 0 heterocycles. The second-order valence-corrected chi connectivity index (χ2v) is 7.38. The van der Waals surface area contributed by atoms with E-state index < -0.39 is 0 Å². The van der Waals surface area contributed by atoms with Gasteiger partial charge in [-0.3, -0.25) is 0 Å². The van der Waals surface area contributed by atoms with E-state index in [1.807, 2.05) is 6.92 Å². The minimum absolute atomic E-state index is 0.219. The molecule has 0 rings (SSSR count). The predicted octanol–water partition coefficient (Wildman–Crippen LogP) is 7.76. The lowest BCUT2D eigenvalue weighted by molar-refractivity contribution is -0.138. The van der Waals surface area contributed by atoms with Gasteiger partial charge in [0.15, 0.2) is 0 Å². The molecule has 25 heavy (non-hydrogen) atoms. The third kappa shape index (κ3) is 17.8. The third-order valence-corrected chi connectivity index (χ3v) is 4.90. The van der Waals surface area contributed by atoms with E-state index in [1.165, 1.54) is 96.3 Å². The number of hydrogen-bond donors (Lipinski definition) is 0. The zero-order chi connectivity index (χ0) is 18.6. The Morgan fingerprint density at radius 1 is 0.640 bits per heavy atom. The van der Waals surface area contributed by atoms with Crippen molar-refractivity contribution in [1.82, 2.24) is 0 Å². The molecule has 0 bridgehead atoms. The average Bonchev–Trinajstić information content (AvgIpc) is 2.61. The molecule has 0 aliphatic heterocycles. The summed E-state index contributed by atoms with van der Waals surface area (Å²) in [6, 6.07) is 0. The Bertz CT molecular complexity index is 309.